The summed E-state index contributed by atoms with van der Waals surface area (Å²) in [6.45, 7) is 9.38. The minimum Gasteiger partial charge on any atom is -0.234 e. The zero-order chi connectivity index (χ0) is 23.8. The predicted molar refractivity (Wildman–Crippen MR) is 147 cm³/mol. The zero-order valence-electron chi connectivity index (χ0n) is 23.2. The Morgan fingerprint density at radius 1 is 0.515 bits per heavy atom. The standard InChI is InChI=1S/C31H61N2/c1-4-7-10-12-14-16-18-20-22-25-28-33-30-29-32(31(33)26-23-9-6-3)27-24-21-19-17-15-13-11-8-5-2/h29-30H,4-28H2,1-3H3/q+1. The second-order valence-electron chi connectivity index (χ2n) is 10.6. The molecule has 0 aliphatic carbocycles. The molecule has 1 heterocycles. The number of hydrogen-bond acceptors (Lipinski definition) is 0. The Hall–Kier alpha value is -0.790. The van der Waals surface area contributed by atoms with Gasteiger partial charge in [-0.15, -0.1) is 0 Å². The molecule has 0 saturated heterocycles. The monoisotopic (exact) mass is 461 g/mol. The van der Waals surface area contributed by atoms with Gasteiger partial charge in [-0.05, 0) is 32.1 Å². The van der Waals surface area contributed by atoms with Crippen molar-refractivity contribution in [2.75, 3.05) is 0 Å². The van der Waals surface area contributed by atoms with E-state index in [2.05, 4.69) is 42.3 Å². The van der Waals surface area contributed by atoms with Gasteiger partial charge in [-0.2, -0.15) is 0 Å². The summed E-state index contributed by atoms with van der Waals surface area (Å²) < 4.78 is 5.18. The van der Waals surface area contributed by atoms with Crippen molar-refractivity contribution in [1.29, 1.82) is 0 Å². The van der Waals surface area contributed by atoms with E-state index in [1.807, 2.05) is 0 Å². The Balaban J connectivity index is 2.25. The minimum atomic E-state index is 1.22. The third-order valence-corrected chi connectivity index (χ3v) is 7.35. The van der Waals surface area contributed by atoms with Gasteiger partial charge in [-0.3, -0.25) is 0 Å². The van der Waals surface area contributed by atoms with Gasteiger partial charge in [0, 0.05) is 6.42 Å². The predicted octanol–water partition coefficient (Wildman–Crippen LogP) is 9.96. The highest BCUT2D eigenvalue weighted by Crippen LogP contribution is 2.13. The quantitative estimate of drug-likeness (QED) is 0.101. The van der Waals surface area contributed by atoms with Gasteiger partial charge in [0.15, 0.2) is 0 Å². The molecule has 1 aromatic heterocycles. The van der Waals surface area contributed by atoms with Gasteiger partial charge in [0.1, 0.15) is 12.4 Å². The van der Waals surface area contributed by atoms with Crippen molar-refractivity contribution in [1.82, 2.24) is 4.57 Å². The Morgan fingerprint density at radius 3 is 1.45 bits per heavy atom. The second-order valence-corrected chi connectivity index (χ2v) is 10.6. The van der Waals surface area contributed by atoms with E-state index in [9.17, 15) is 0 Å². The minimum absolute atomic E-state index is 1.22. The van der Waals surface area contributed by atoms with Crippen LogP contribution in [0.4, 0.5) is 0 Å². The smallest absolute Gasteiger partial charge is 0.234 e. The van der Waals surface area contributed by atoms with Crippen LogP contribution in [0.2, 0.25) is 0 Å². The molecule has 0 N–H and O–H groups in total. The first-order chi connectivity index (χ1) is 16.3. The molecule has 0 spiro atoms. The molecule has 0 unspecified atom stereocenters. The average Bonchev–Trinajstić information content (AvgIpc) is 3.21. The SMILES string of the molecule is CCCCCCCCCCCCn1cc[n+](CCCCCCCCCCC)c1CCCCC. The fourth-order valence-electron chi connectivity index (χ4n) is 5.09. The molecule has 0 fully saturated rings. The first kappa shape index (κ1) is 30.2. The molecular weight excluding hydrogens is 400 g/mol. The van der Waals surface area contributed by atoms with Crippen molar-refractivity contribution in [3.8, 4) is 0 Å². The van der Waals surface area contributed by atoms with E-state index in [0.29, 0.717) is 0 Å². The summed E-state index contributed by atoms with van der Waals surface area (Å²) in [6.07, 6.45) is 37.0. The third-order valence-electron chi connectivity index (χ3n) is 7.35. The summed E-state index contributed by atoms with van der Waals surface area (Å²) in [5.41, 5.74) is 0. The lowest BCUT2D eigenvalue weighted by molar-refractivity contribution is -0.704. The van der Waals surface area contributed by atoms with Gasteiger partial charge in [0.2, 0.25) is 0 Å². The molecule has 0 radical (unpaired) electrons. The number of aryl methyl sites for hydroxylation is 2. The zero-order valence-corrected chi connectivity index (χ0v) is 23.2. The summed E-state index contributed by atoms with van der Waals surface area (Å²) >= 11 is 0. The van der Waals surface area contributed by atoms with Crippen LogP contribution >= 0.6 is 0 Å². The van der Waals surface area contributed by atoms with Gasteiger partial charge in [-0.1, -0.05) is 130 Å². The average molecular weight is 462 g/mol. The summed E-state index contributed by atoms with van der Waals surface area (Å²) in [7, 11) is 0. The highest BCUT2D eigenvalue weighted by molar-refractivity contribution is 4.84. The highest BCUT2D eigenvalue weighted by atomic mass is 15.1. The van der Waals surface area contributed by atoms with Gasteiger partial charge in [0.25, 0.3) is 5.82 Å². The first-order valence-electron chi connectivity index (χ1n) is 15.4. The van der Waals surface area contributed by atoms with Crippen LogP contribution in [0, 0.1) is 0 Å². The maximum atomic E-state index is 2.59. The molecule has 0 saturated carbocycles. The molecule has 33 heavy (non-hydrogen) atoms. The van der Waals surface area contributed by atoms with Crippen LogP contribution < -0.4 is 4.57 Å². The Bertz CT molecular complexity index is 519. The van der Waals surface area contributed by atoms with E-state index in [1.165, 1.54) is 161 Å². The summed E-state index contributed by atoms with van der Waals surface area (Å²) in [4.78, 5) is 0. The molecule has 0 atom stereocenters. The number of imidazole rings is 1. The van der Waals surface area contributed by atoms with Crippen molar-refractivity contribution in [3.05, 3.63) is 18.2 Å². The van der Waals surface area contributed by atoms with Crippen LogP contribution in [-0.2, 0) is 19.5 Å². The van der Waals surface area contributed by atoms with Crippen molar-refractivity contribution < 1.29 is 4.57 Å². The Kier molecular flexibility index (Phi) is 21.1. The molecule has 1 rings (SSSR count). The van der Waals surface area contributed by atoms with Crippen molar-refractivity contribution >= 4 is 0 Å². The number of hydrogen-bond donors (Lipinski definition) is 0. The molecule has 2 heteroatoms. The van der Waals surface area contributed by atoms with Crippen molar-refractivity contribution in [3.63, 3.8) is 0 Å². The molecule has 0 aromatic carbocycles. The lowest BCUT2D eigenvalue weighted by Crippen LogP contribution is -2.37. The van der Waals surface area contributed by atoms with Crippen LogP contribution in [0.5, 0.6) is 0 Å². The van der Waals surface area contributed by atoms with Crippen LogP contribution in [0.15, 0.2) is 12.4 Å². The maximum Gasteiger partial charge on any atom is 0.256 e. The number of nitrogens with zero attached hydrogens (tertiary/aromatic N) is 2. The first-order valence-corrected chi connectivity index (χ1v) is 15.4. The largest absolute Gasteiger partial charge is 0.256 e. The highest BCUT2D eigenvalue weighted by Gasteiger charge is 2.16. The molecule has 194 valence electrons. The molecule has 1 aromatic rings. The van der Waals surface area contributed by atoms with Crippen LogP contribution in [-0.4, -0.2) is 4.57 Å². The summed E-state index contributed by atoms with van der Waals surface area (Å²) in [6, 6.07) is 0. The number of aromatic nitrogens is 2. The van der Waals surface area contributed by atoms with Crippen molar-refractivity contribution in [2.45, 2.75) is 182 Å². The number of rotatable bonds is 25. The lowest BCUT2D eigenvalue weighted by atomic mass is 10.1. The Labute approximate surface area is 208 Å². The van der Waals surface area contributed by atoms with E-state index in [-0.39, 0.29) is 0 Å². The van der Waals surface area contributed by atoms with Crippen molar-refractivity contribution in [2.24, 2.45) is 0 Å². The molecule has 0 bridgehead atoms. The van der Waals surface area contributed by atoms with E-state index in [4.69, 9.17) is 0 Å². The fourth-order valence-corrected chi connectivity index (χ4v) is 5.09. The van der Waals surface area contributed by atoms with Gasteiger partial charge in [-0.25, -0.2) is 9.13 Å². The van der Waals surface area contributed by atoms with E-state index >= 15 is 0 Å². The second kappa shape index (κ2) is 23.0. The third kappa shape index (κ3) is 16.5. The molecule has 0 amide bonds. The molecule has 0 aliphatic rings. The van der Waals surface area contributed by atoms with Gasteiger partial charge >= 0.3 is 0 Å². The molecule has 2 nitrogen and oxygen atoms in total. The molecular formula is C31H61N2+. The van der Waals surface area contributed by atoms with Gasteiger partial charge < -0.3 is 0 Å². The van der Waals surface area contributed by atoms with E-state index < -0.39 is 0 Å². The van der Waals surface area contributed by atoms with Gasteiger partial charge in [0.05, 0.1) is 13.1 Å². The summed E-state index contributed by atoms with van der Waals surface area (Å²) in [5, 5.41) is 0. The molecule has 0 aliphatic heterocycles. The maximum absolute atomic E-state index is 2.59. The normalized spacial score (nSPS) is 11.5. The summed E-state index contributed by atoms with van der Waals surface area (Å²) in [5.74, 6) is 1.60. The van der Waals surface area contributed by atoms with Crippen LogP contribution in [0.25, 0.3) is 0 Å². The lowest BCUT2D eigenvalue weighted by Gasteiger charge is -2.06. The number of unbranched alkanes of at least 4 members (excludes halogenated alkanes) is 19. The van der Waals surface area contributed by atoms with Crippen LogP contribution in [0.3, 0.4) is 0 Å². The van der Waals surface area contributed by atoms with E-state index in [0.717, 1.165) is 0 Å². The van der Waals surface area contributed by atoms with Crippen LogP contribution in [0.1, 0.15) is 168 Å². The Morgan fingerprint density at radius 2 is 0.939 bits per heavy atom. The fraction of sp³-hybridized carbons (Fsp3) is 0.903. The van der Waals surface area contributed by atoms with E-state index in [1.54, 1.807) is 5.82 Å². The topological polar surface area (TPSA) is 8.81 Å².